The van der Waals surface area contributed by atoms with Gasteiger partial charge in [0.05, 0.1) is 20.3 Å². The summed E-state index contributed by atoms with van der Waals surface area (Å²) in [4.78, 5) is 2.47. The van der Waals surface area contributed by atoms with E-state index in [0.29, 0.717) is 6.04 Å². The molecule has 134 valence electrons. The fourth-order valence-electron chi connectivity index (χ4n) is 3.65. The minimum atomic E-state index is -0.405. The summed E-state index contributed by atoms with van der Waals surface area (Å²) >= 11 is 0. The lowest BCUT2D eigenvalue weighted by atomic mass is 10.0. The van der Waals surface area contributed by atoms with Crippen LogP contribution in [-0.4, -0.2) is 36.8 Å². The number of benzene rings is 2. The molecule has 1 N–H and O–H groups in total. The molecule has 1 saturated heterocycles. The summed E-state index contributed by atoms with van der Waals surface area (Å²) in [5.41, 5.74) is 2.21. The van der Waals surface area contributed by atoms with E-state index in [1.54, 1.807) is 14.2 Å². The van der Waals surface area contributed by atoms with Crippen LogP contribution in [0.2, 0.25) is 0 Å². The highest BCUT2D eigenvalue weighted by molar-refractivity contribution is 5.42. The lowest BCUT2D eigenvalue weighted by Crippen LogP contribution is -2.30. The van der Waals surface area contributed by atoms with E-state index in [9.17, 15) is 5.11 Å². The van der Waals surface area contributed by atoms with Gasteiger partial charge in [0.2, 0.25) is 0 Å². The van der Waals surface area contributed by atoms with Gasteiger partial charge in [-0.05, 0) is 49.1 Å². The third-order valence-corrected chi connectivity index (χ3v) is 5.01. The number of ether oxygens (including phenoxy) is 2. The first kappa shape index (κ1) is 17.8. The van der Waals surface area contributed by atoms with Gasteiger partial charge in [-0.15, -0.1) is 0 Å². The Labute approximate surface area is 150 Å². The Balaban J connectivity index is 1.66. The maximum absolute atomic E-state index is 10.6. The molecule has 0 radical (unpaired) electrons. The Morgan fingerprint density at radius 3 is 2.56 bits per heavy atom. The number of likely N-dealkylation sites (tertiary alicyclic amines) is 1. The average Bonchev–Trinajstić information content (AvgIpc) is 3.08. The highest BCUT2D eigenvalue weighted by atomic mass is 16.5. The second-order valence-corrected chi connectivity index (χ2v) is 6.62. The summed E-state index contributed by atoms with van der Waals surface area (Å²) < 4.78 is 10.7. The molecule has 2 aromatic carbocycles. The van der Waals surface area contributed by atoms with Gasteiger partial charge in [0, 0.05) is 12.6 Å². The van der Waals surface area contributed by atoms with Crippen molar-refractivity contribution in [1.29, 1.82) is 0 Å². The third-order valence-electron chi connectivity index (χ3n) is 5.01. The van der Waals surface area contributed by atoms with Gasteiger partial charge in [0.1, 0.15) is 0 Å². The standard InChI is InChI=1S/C21H27NO3/c1-24-20-11-10-16(13-21(20)25-2)15-22-12-6-9-18(22)14-19(23)17-7-4-3-5-8-17/h3-5,7-8,10-11,13,18-19,23H,6,9,12,14-15H2,1-2H3. The zero-order valence-electron chi connectivity index (χ0n) is 15.0. The van der Waals surface area contributed by atoms with Crippen molar-refractivity contribution in [3.63, 3.8) is 0 Å². The van der Waals surface area contributed by atoms with Crippen LogP contribution in [0.15, 0.2) is 48.5 Å². The van der Waals surface area contributed by atoms with E-state index in [1.165, 1.54) is 12.0 Å². The van der Waals surface area contributed by atoms with Gasteiger partial charge in [0.25, 0.3) is 0 Å². The summed E-state index contributed by atoms with van der Waals surface area (Å²) in [5.74, 6) is 1.52. The molecule has 25 heavy (non-hydrogen) atoms. The van der Waals surface area contributed by atoms with Gasteiger partial charge in [0.15, 0.2) is 11.5 Å². The first-order chi connectivity index (χ1) is 12.2. The molecule has 0 amide bonds. The lowest BCUT2D eigenvalue weighted by Gasteiger charge is -2.27. The van der Waals surface area contributed by atoms with Crippen LogP contribution in [0.1, 0.15) is 36.5 Å². The Bertz CT molecular complexity index is 674. The van der Waals surface area contributed by atoms with Crippen LogP contribution in [0.3, 0.4) is 0 Å². The lowest BCUT2D eigenvalue weighted by molar-refractivity contribution is 0.118. The highest BCUT2D eigenvalue weighted by Crippen LogP contribution is 2.31. The van der Waals surface area contributed by atoms with Crippen molar-refractivity contribution in [2.24, 2.45) is 0 Å². The predicted molar refractivity (Wildman–Crippen MR) is 99.0 cm³/mol. The Morgan fingerprint density at radius 1 is 1.08 bits per heavy atom. The number of aliphatic hydroxyl groups excluding tert-OH is 1. The largest absolute Gasteiger partial charge is 0.493 e. The van der Waals surface area contributed by atoms with Gasteiger partial charge in [-0.25, -0.2) is 0 Å². The number of methoxy groups -OCH3 is 2. The second-order valence-electron chi connectivity index (χ2n) is 6.62. The van der Waals surface area contributed by atoms with E-state index in [-0.39, 0.29) is 0 Å². The molecule has 0 aliphatic carbocycles. The van der Waals surface area contributed by atoms with Crippen molar-refractivity contribution in [1.82, 2.24) is 4.90 Å². The fourth-order valence-corrected chi connectivity index (χ4v) is 3.65. The van der Waals surface area contributed by atoms with Gasteiger partial charge >= 0.3 is 0 Å². The normalized spacial score (nSPS) is 18.9. The average molecular weight is 341 g/mol. The quantitative estimate of drug-likeness (QED) is 0.832. The van der Waals surface area contributed by atoms with Crippen molar-refractivity contribution in [3.8, 4) is 11.5 Å². The molecule has 1 fully saturated rings. The third kappa shape index (κ3) is 4.33. The summed E-state index contributed by atoms with van der Waals surface area (Å²) in [5, 5.41) is 10.6. The molecule has 0 spiro atoms. The van der Waals surface area contributed by atoms with Crippen LogP contribution < -0.4 is 9.47 Å². The summed E-state index contributed by atoms with van der Waals surface area (Å²) in [6.45, 7) is 1.94. The molecule has 2 unspecified atom stereocenters. The minimum Gasteiger partial charge on any atom is -0.493 e. The Hall–Kier alpha value is -2.04. The zero-order valence-corrected chi connectivity index (χ0v) is 15.0. The van der Waals surface area contributed by atoms with E-state index in [0.717, 1.165) is 43.0 Å². The van der Waals surface area contributed by atoms with Crippen LogP contribution in [0.25, 0.3) is 0 Å². The summed E-state index contributed by atoms with van der Waals surface area (Å²) in [7, 11) is 3.31. The van der Waals surface area contributed by atoms with Crippen molar-refractivity contribution < 1.29 is 14.6 Å². The Morgan fingerprint density at radius 2 is 1.84 bits per heavy atom. The van der Waals surface area contributed by atoms with E-state index in [2.05, 4.69) is 11.0 Å². The maximum Gasteiger partial charge on any atom is 0.161 e. The van der Waals surface area contributed by atoms with Crippen molar-refractivity contribution >= 4 is 0 Å². The van der Waals surface area contributed by atoms with Crippen LogP contribution in [0.5, 0.6) is 11.5 Å². The van der Waals surface area contributed by atoms with Gasteiger partial charge in [-0.3, -0.25) is 4.90 Å². The van der Waals surface area contributed by atoms with E-state index >= 15 is 0 Å². The molecule has 0 bridgehead atoms. The first-order valence-corrected chi connectivity index (χ1v) is 8.89. The number of hydrogen-bond acceptors (Lipinski definition) is 4. The number of nitrogens with zero attached hydrogens (tertiary/aromatic N) is 1. The number of aliphatic hydroxyl groups is 1. The van der Waals surface area contributed by atoms with Crippen LogP contribution in [0.4, 0.5) is 0 Å². The molecule has 1 heterocycles. The monoisotopic (exact) mass is 341 g/mol. The molecule has 2 atom stereocenters. The van der Waals surface area contributed by atoms with E-state index in [1.807, 2.05) is 42.5 Å². The minimum absolute atomic E-state index is 0.405. The summed E-state index contributed by atoms with van der Waals surface area (Å²) in [6.07, 6.45) is 2.69. The second kappa shape index (κ2) is 8.37. The SMILES string of the molecule is COc1ccc(CN2CCCC2CC(O)c2ccccc2)cc1OC. The van der Waals surface area contributed by atoms with Crippen molar-refractivity contribution in [3.05, 3.63) is 59.7 Å². The van der Waals surface area contributed by atoms with Crippen molar-refractivity contribution in [2.75, 3.05) is 20.8 Å². The zero-order chi connectivity index (χ0) is 17.6. The molecular weight excluding hydrogens is 314 g/mol. The molecule has 3 rings (SSSR count). The van der Waals surface area contributed by atoms with Crippen molar-refractivity contribution in [2.45, 2.75) is 38.0 Å². The predicted octanol–water partition coefficient (Wildman–Crippen LogP) is 3.79. The molecule has 1 aliphatic rings. The molecular formula is C21H27NO3. The smallest absolute Gasteiger partial charge is 0.161 e. The molecule has 4 nitrogen and oxygen atoms in total. The van der Waals surface area contributed by atoms with Crippen LogP contribution in [-0.2, 0) is 6.54 Å². The van der Waals surface area contributed by atoms with Crippen LogP contribution >= 0.6 is 0 Å². The Kier molecular flexibility index (Phi) is 5.95. The number of rotatable bonds is 7. The maximum atomic E-state index is 10.6. The summed E-state index contributed by atoms with van der Waals surface area (Å²) in [6, 6.07) is 16.4. The first-order valence-electron chi connectivity index (χ1n) is 8.89. The highest BCUT2D eigenvalue weighted by Gasteiger charge is 2.27. The molecule has 0 aromatic heterocycles. The molecule has 2 aromatic rings. The topological polar surface area (TPSA) is 41.9 Å². The van der Waals surface area contributed by atoms with Crippen LogP contribution in [0, 0.1) is 0 Å². The van der Waals surface area contributed by atoms with Gasteiger partial charge < -0.3 is 14.6 Å². The van der Waals surface area contributed by atoms with Gasteiger partial charge in [-0.1, -0.05) is 36.4 Å². The van der Waals surface area contributed by atoms with E-state index in [4.69, 9.17) is 9.47 Å². The molecule has 0 saturated carbocycles. The van der Waals surface area contributed by atoms with Gasteiger partial charge in [-0.2, -0.15) is 0 Å². The fraction of sp³-hybridized carbons (Fsp3) is 0.429. The molecule has 4 heteroatoms. The number of hydrogen-bond donors (Lipinski definition) is 1. The molecule has 1 aliphatic heterocycles. The van der Waals surface area contributed by atoms with E-state index < -0.39 is 6.10 Å².